The van der Waals surface area contributed by atoms with Crippen LogP contribution in [-0.4, -0.2) is 97.5 Å². The number of aliphatic hydroxyl groups is 1. The number of piperidine rings is 1. The van der Waals surface area contributed by atoms with Crippen molar-refractivity contribution in [3.8, 4) is 0 Å². The lowest BCUT2D eigenvalue weighted by Crippen LogP contribution is -2.56. The lowest BCUT2D eigenvalue weighted by Gasteiger charge is -2.40. The predicted molar refractivity (Wildman–Crippen MR) is 116 cm³/mol. The molecule has 3 N–H and O–H groups in total. The number of carbonyl (C=O) groups is 3. The Morgan fingerprint density at radius 3 is 2.62 bits per heavy atom. The van der Waals surface area contributed by atoms with Crippen molar-refractivity contribution >= 4 is 18.3 Å². The van der Waals surface area contributed by atoms with Crippen LogP contribution in [-0.2, 0) is 20.9 Å². The zero-order chi connectivity index (χ0) is 23.3. The highest BCUT2D eigenvalue weighted by Gasteiger charge is 2.50. The van der Waals surface area contributed by atoms with E-state index in [1.165, 1.54) is 0 Å². The molecule has 1 aromatic heterocycles. The van der Waals surface area contributed by atoms with Gasteiger partial charge in [-0.05, 0) is 31.6 Å². The fourth-order valence-corrected chi connectivity index (χ4v) is 5.28. The number of piperazine rings is 1. The van der Waals surface area contributed by atoms with E-state index in [1.54, 1.807) is 12.4 Å². The van der Waals surface area contributed by atoms with Gasteiger partial charge in [0.05, 0.1) is 25.1 Å². The SMILES string of the molecule is CC(C)C[C@@H]1[C@H](C(=O)N2CCC(O)CC2)C[C@@H]2CN(Cc3ncc[nH]3)CC(=O)N21.O=CO. The number of likely N-dealkylation sites (tertiary alicyclic amines) is 1. The standard InChI is InChI=1S/C21H33N5O3.CH2O2/c1-14(2)9-18-17(21(29)25-7-3-16(27)4-8-25)10-15-11-24(13-20(28)26(15)18)12-19-22-5-6-23-19;2-1-3/h5-6,14-18,27H,3-4,7-13H2,1-2H3,(H,22,23);1H,(H,2,3)/t15-,17-,18-;/m1./s1. The molecule has 0 spiro atoms. The number of aliphatic hydroxyl groups excluding tert-OH is 1. The molecule has 0 aromatic carbocycles. The number of H-pyrrole nitrogens is 1. The van der Waals surface area contributed by atoms with E-state index in [0.717, 1.165) is 25.2 Å². The number of aromatic nitrogens is 2. The minimum atomic E-state index is -0.294. The first-order chi connectivity index (χ1) is 15.3. The second kappa shape index (κ2) is 10.9. The van der Waals surface area contributed by atoms with Crippen molar-refractivity contribution in [3.63, 3.8) is 0 Å². The zero-order valence-corrected chi connectivity index (χ0v) is 18.9. The number of fused-ring (bicyclic) bond motifs is 1. The molecule has 2 amide bonds. The van der Waals surface area contributed by atoms with Gasteiger partial charge in [-0.15, -0.1) is 0 Å². The lowest BCUT2D eigenvalue weighted by atomic mass is 9.90. The molecule has 3 fully saturated rings. The van der Waals surface area contributed by atoms with E-state index in [-0.39, 0.29) is 42.4 Å². The Bertz CT molecular complexity index is 763. The van der Waals surface area contributed by atoms with Gasteiger partial charge in [-0.2, -0.15) is 0 Å². The number of nitrogens with one attached hydrogen (secondary N) is 1. The molecule has 32 heavy (non-hydrogen) atoms. The molecule has 178 valence electrons. The van der Waals surface area contributed by atoms with Crippen molar-refractivity contribution in [2.45, 2.75) is 64.3 Å². The maximum Gasteiger partial charge on any atom is 0.290 e. The molecule has 10 heteroatoms. The second-order valence-corrected chi connectivity index (χ2v) is 9.36. The summed E-state index contributed by atoms with van der Waals surface area (Å²) in [5.41, 5.74) is 0. The molecule has 0 bridgehead atoms. The first-order valence-electron chi connectivity index (χ1n) is 11.4. The highest BCUT2D eigenvalue weighted by Crippen LogP contribution is 2.38. The van der Waals surface area contributed by atoms with E-state index in [1.807, 2.05) is 9.80 Å². The second-order valence-electron chi connectivity index (χ2n) is 9.36. The van der Waals surface area contributed by atoms with Crippen LogP contribution in [0.15, 0.2) is 12.4 Å². The molecule has 0 unspecified atom stereocenters. The molecular formula is C22H35N5O5. The van der Waals surface area contributed by atoms with Crippen LogP contribution < -0.4 is 0 Å². The first kappa shape index (κ1) is 24.2. The number of aromatic amines is 1. The molecule has 3 aliphatic rings. The summed E-state index contributed by atoms with van der Waals surface area (Å²) < 4.78 is 0. The number of rotatable bonds is 5. The molecule has 0 radical (unpaired) electrons. The number of nitrogens with zero attached hydrogens (tertiary/aromatic N) is 4. The minimum absolute atomic E-state index is 0.0161. The van der Waals surface area contributed by atoms with Gasteiger partial charge in [0, 0.05) is 44.1 Å². The third-order valence-electron chi connectivity index (χ3n) is 6.59. The summed E-state index contributed by atoms with van der Waals surface area (Å²) in [6, 6.07) is 0.0666. The average Bonchev–Trinajstić information content (AvgIpc) is 3.36. The number of imidazole rings is 1. The van der Waals surface area contributed by atoms with Crippen molar-refractivity contribution in [3.05, 3.63) is 18.2 Å². The molecule has 4 rings (SSSR count). The average molecular weight is 450 g/mol. The summed E-state index contributed by atoms with van der Waals surface area (Å²) in [6.07, 6.45) is 6.12. The summed E-state index contributed by atoms with van der Waals surface area (Å²) in [4.78, 5) is 48.3. The highest BCUT2D eigenvalue weighted by atomic mass is 16.3. The van der Waals surface area contributed by atoms with Gasteiger partial charge in [-0.3, -0.25) is 19.3 Å². The number of hydrogen-bond acceptors (Lipinski definition) is 6. The van der Waals surface area contributed by atoms with Crippen molar-refractivity contribution in [2.75, 3.05) is 26.2 Å². The van der Waals surface area contributed by atoms with E-state index in [9.17, 15) is 14.7 Å². The van der Waals surface area contributed by atoms with Gasteiger partial charge < -0.3 is 25.0 Å². The fourth-order valence-electron chi connectivity index (χ4n) is 5.28. The van der Waals surface area contributed by atoms with Gasteiger partial charge >= 0.3 is 0 Å². The predicted octanol–water partition coefficient (Wildman–Crippen LogP) is 0.541. The molecule has 4 heterocycles. The Labute approximate surface area is 188 Å². The molecule has 0 saturated carbocycles. The van der Waals surface area contributed by atoms with Gasteiger partial charge in [-0.25, -0.2) is 4.98 Å². The van der Waals surface area contributed by atoms with Crippen LogP contribution in [0.4, 0.5) is 0 Å². The van der Waals surface area contributed by atoms with Crippen molar-refractivity contribution in [1.29, 1.82) is 0 Å². The van der Waals surface area contributed by atoms with E-state index < -0.39 is 0 Å². The number of carboxylic acid groups (broad SMARTS) is 1. The summed E-state index contributed by atoms with van der Waals surface area (Å²) in [6.45, 7) is 7.09. The summed E-state index contributed by atoms with van der Waals surface area (Å²) >= 11 is 0. The molecule has 3 atom stereocenters. The van der Waals surface area contributed by atoms with Gasteiger partial charge in [-0.1, -0.05) is 13.8 Å². The number of hydrogen-bond donors (Lipinski definition) is 3. The Morgan fingerprint density at radius 1 is 1.34 bits per heavy atom. The van der Waals surface area contributed by atoms with Crippen LogP contribution in [0.1, 0.15) is 45.4 Å². The first-order valence-corrected chi connectivity index (χ1v) is 11.4. The Balaban J connectivity index is 0.000000913. The van der Waals surface area contributed by atoms with E-state index >= 15 is 0 Å². The van der Waals surface area contributed by atoms with Gasteiger partial charge in [0.15, 0.2) is 0 Å². The maximum absolute atomic E-state index is 13.4. The normalized spacial score (nSPS) is 26.6. The molecule has 3 aliphatic heterocycles. The quantitative estimate of drug-likeness (QED) is 0.560. The maximum atomic E-state index is 13.4. The fraction of sp³-hybridized carbons (Fsp3) is 0.727. The summed E-state index contributed by atoms with van der Waals surface area (Å²) in [5.74, 6) is 1.45. The molecular weight excluding hydrogens is 414 g/mol. The Hall–Kier alpha value is -2.46. The largest absolute Gasteiger partial charge is 0.483 e. The smallest absolute Gasteiger partial charge is 0.290 e. The zero-order valence-electron chi connectivity index (χ0n) is 18.9. The molecule has 10 nitrogen and oxygen atoms in total. The third-order valence-corrected chi connectivity index (χ3v) is 6.59. The van der Waals surface area contributed by atoms with E-state index in [4.69, 9.17) is 9.90 Å². The third kappa shape index (κ3) is 5.66. The van der Waals surface area contributed by atoms with Crippen LogP contribution in [0.3, 0.4) is 0 Å². The number of carbonyl (C=O) groups excluding carboxylic acids is 2. The van der Waals surface area contributed by atoms with Crippen molar-refractivity contribution < 1.29 is 24.6 Å². The Morgan fingerprint density at radius 2 is 2.03 bits per heavy atom. The van der Waals surface area contributed by atoms with E-state index in [0.29, 0.717) is 44.9 Å². The summed E-state index contributed by atoms with van der Waals surface area (Å²) in [5, 5.41) is 16.7. The lowest BCUT2D eigenvalue weighted by molar-refractivity contribution is -0.143. The molecule has 0 aliphatic carbocycles. The van der Waals surface area contributed by atoms with Crippen LogP contribution in [0, 0.1) is 11.8 Å². The van der Waals surface area contributed by atoms with Crippen LogP contribution in [0.2, 0.25) is 0 Å². The van der Waals surface area contributed by atoms with Gasteiger partial charge in [0.1, 0.15) is 5.82 Å². The van der Waals surface area contributed by atoms with Crippen molar-refractivity contribution in [1.82, 2.24) is 24.7 Å². The van der Waals surface area contributed by atoms with Crippen LogP contribution >= 0.6 is 0 Å². The van der Waals surface area contributed by atoms with Gasteiger partial charge in [0.2, 0.25) is 11.8 Å². The number of amides is 2. The minimum Gasteiger partial charge on any atom is -0.483 e. The van der Waals surface area contributed by atoms with Gasteiger partial charge in [0.25, 0.3) is 6.47 Å². The Kier molecular flexibility index (Phi) is 8.25. The van der Waals surface area contributed by atoms with E-state index in [2.05, 4.69) is 28.7 Å². The van der Waals surface area contributed by atoms with Crippen LogP contribution in [0.5, 0.6) is 0 Å². The summed E-state index contributed by atoms with van der Waals surface area (Å²) in [7, 11) is 0. The molecule has 1 aromatic rings. The molecule has 3 saturated heterocycles. The van der Waals surface area contributed by atoms with Crippen LogP contribution in [0.25, 0.3) is 0 Å². The highest BCUT2D eigenvalue weighted by molar-refractivity contribution is 5.85. The topological polar surface area (TPSA) is 130 Å². The van der Waals surface area contributed by atoms with Crippen molar-refractivity contribution in [2.24, 2.45) is 11.8 Å². The monoisotopic (exact) mass is 449 g/mol.